The Morgan fingerprint density at radius 3 is 2.20 bits per heavy atom. The van der Waals surface area contributed by atoms with Crippen molar-refractivity contribution >= 4 is 28.9 Å². The van der Waals surface area contributed by atoms with E-state index in [4.69, 9.17) is 19.8 Å². The zero-order valence-electron chi connectivity index (χ0n) is 13.8. The molecule has 9 nitrogen and oxygen atoms in total. The van der Waals surface area contributed by atoms with Gasteiger partial charge in [-0.1, -0.05) is 12.1 Å². The zero-order valence-corrected chi connectivity index (χ0v) is 13.8. The van der Waals surface area contributed by atoms with Crippen LogP contribution in [0.2, 0.25) is 0 Å². The number of hydrogen-bond donors (Lipinski definition) is 3. The summed E-state index contributed by atoms with van der Waals surface area (Å²) in [6.07, 6.45) is 0. The van der Waals surface area contributed by atoms with Crippen LogP contribution in [0.1, 0.15) is 12.7 Å². The van der Waals surface area contributed by atoms with E-state index in [1.165, 1.54) is 0 Å². The van der Waals surface area contributed by atoms with E-state index in [9.17, 15) is 4.79 Å². The fourth-order valence-corrected chi connectivity index (χ4v) is 2.51. The van der Waals surface area contributed by atoms with Crippen LogP contribution >= 0.6 is 0 Å². The highest BCUT2D eigenvalue weighted by molar-refractivity contribution is 6.27. The normalized spacial score (nSPS) is 14.7. The van der Waals surface area contributed by atoms with Crippen molar-refractivity contribution in [2.24, 2.45) is 0 Å². The molecule has 1 fully saturated rings. The maximum atomic E-state index is 11.3. The molecule has 1 amide bonds. The minimum atomic E-state index is -1.82. The van der Waals surface area contributed by atoms with Crippen LogP contribution in [0.3, 0.4) is 0 Å². The van der Waals surface area contributed by atoms with Crippen LogP contribution in [0.4, 0.5) is 0 Å². The van der Waals surface area contributed by atoms with E-state index in [-0.39, 0.29) is 5.91 Å². The highest BCUT2D eigenvalue weighted by atomic mass is 16.4. The number of imidazole rings is 1. The number of piperazine rings is 1. The highest BCUT2D eigenvalue weighted by Gasteiger charge is 2.19. The number of aromatic nitrogens is 2. The van der Waals surface area contributed by atoms with E-state index in [1.807, 2.05) is 29.2 Å². The van der Waals surface area contributed by atoms with E-state index in [1.54, 1.807) is 6.92 Å². The van der Waals surface area contributed by atoms with Gasteiger partial charge < -0.3 is 20.1 Å². The molecule has 25 heavy (non-hydrogen) atoms. The quantitative estimate of drug-likeness (QED) is 0.670. The average Bonchev–Trinajstić information content (AvgIpc) is 2.98. The number of para-hydroxylation sites is 2. The van der Waals surface area contributed by atoms with Gasteiger partial charge in [0.25, 0.3) is 0 Å². The summed E-state index contributed by atoms with van der Waals surface area (Å²) in [7, 11) is 0. The summed E-state index contributed by atoms with van der Waals surface area (Å²) in [5.41, 5.74) is 2.10. The summed E-state index contributed by atoms with van der Waals surface area (Å²) in [5.74, 6) is -2.48. The lowest BCUT2D eigenvalue weighted by Crippen LogP contribution is -2.47. The van der Waals surface area contributed by atoms with Crippen molar-refractivity contribution in [3.05, 3.63) is 30.1 Å². The van der Waals surface area contributed by atoms with Crippen molar-refractivity contribution in [1.82, 2.24) is 19.8 Å². The number of carbonyl (C=O) groups is 3. The molecule has 9 heteroatoms. The number of rotatable bonds is 2. The molecule has 0 atom stereocenters. The molecule has 0 bridgehead atoms. The summed E-state index contributed by atoms with van der Waals surface area (Å²) in [6, 6.07) is 8.07. The van der Waals surface area contributed by atoms with Gasteiger partial charge >= 0.3 is 11.9 Å². The Bertz CT molecular complexity index is 720. The van der Waals surface area contributed by atoms with Gasteiger partial charge in [-0.25, -0.2) is 14.6 Å². The number of nitrogens with zero attached hydrogens (tertiary/aromatic N) is 3. The van der Waals surface area contributed by atoms with Crippen LogP contribution in [0.15, 0.2) is 24.3 Å². The second kappa shape index (κ2) is 8.25. The second-order valence-corrected chi connectivity index (χ2v) is 5.59. The first-order valence-corrected chi connectivity index (χ1v) is 7.74. The molecule has 0 radical (unpaired) electrons. The minimum absolute atomic E-state index is 0.170. The molecular weight excluding hydrogens is 328 g/mol. The number of hydrogen-bond acceptors (Lipinski definition) is 5. The summed E-state index contributed by atoms with van der Waals surface area (Å²) in [6.45, 7) is 5.91. The van der Waals surface area contributed by atoms with Crippen LogP contribution in [0.25, 0.3) is 11.0 Å². The van der Waals surface area contributed by atoms with Crippen LogP contribution in [0.5, 0.6) is 0 Å². The Kier molecular flexibility index (Phi) is 6.07. The molecule has 2 heterocycles. The standard InChI is InChI=1S/C14H18N4O.C2H2O4/c1-11(19)18-8-6-17(7-9-18)10-14-15-12-4-2-3-5-13(12)16-14;3-1(4)2(5)6/h2-5H,6-10H2,1H3,(H,15,16);(H,3,4)(H,5,6). The number of carboxylic acid groups (broad SMARTS) is 2. The van der Waals surface area contributed by atoms with Crippen molar-refractivity contribution in [3.8, 4) is 0 Å². The van der Waals surface area contributed by atoms with E-state index in [0.29, 0.717) is 0 Å². The number of carbonyl (C=O) groups excluding carboxylic acids is 1. The first-order valence-electron chi connectivity index (χ1n) is 7.74. The molecule has 2 aromatic rings. The summed E-state index contributed by atoms with van der Waals surface area (Å²) < 4.78 is 0. The van der Waals surface area contributed by atoms with Gasteiger partial charge in [-0.2, -0.15) is 0 Å². The van der Waals surface area contributed by atoms with Crippen LogP contribution in [0, 0.1) is 0 Å². The third-order valence-corrected chi connectivity index (χ3v) is 3.81. The molecule has 0 aliphatic carbocycles. The fraction of sp³-hybridized carbons (Fsp3) is 0.375. The van der Waals surface area contributed by atoms with Crippen LogP contribution in [-0.4, -0.2) is 74.0 Å². The van der Waals surface area contributed by atoms with E-state index < -0.39 is 11.9 Å². The zero-order chi connectivity index (χ0) is 18.4. The molecule has 0 unspecified atom stereocenters. The number of carboxylic acids is 2. The number of nitrogens with one attached hydrogen (secondary N) is 1. The van der Waals surface area contributed by atoms with Gasteiger partial charge in [-0.3, -0.25) is 9.69 Å². The molecule has 134 valence electrons. The Hall–Kier alpha value is -2.94. The van der Waals surface area contributed by atoms with Gasteiger partial charge in [-0.15, -0.1) is 0 Å². The molecular formula is C16H20N4O5. The van der Waals surface area contributed by atoms with Gasteiger partial charge in [0.15, 0.2) is 0 Å². The SMILES string of the molecule is CC(=O)N1CCN(Cc2nc3ccccc3[nH]2)CC1.O=C(O)C(=O)O. The fourth-order valence-electron chi connectivity index (χ4n) is 2.51. The second-order valence-electron chi connectivity index (χ2n) is 5.59. The van der Waals surface area contributed by atoms with Gasteiger partial charge in [0.2, 0.25) is 5.91 Å². The first kappa shape index (κ1) is 18.4. The molecule has 1 saturated heterocycles. The topological polar surface area (TPSA) is 127 Å². The maximum Gasteiger partial charge on any atom is 0.414 e. The smallest absolute Gasteiger partial charge is 0.414 e. The Morgan fingerprint density at radius 1 is 1.08 bits per heavy atom. The Labute approximate surface area is 143 Å². The largest absolute Gasteiger partial charge is 0.473 e. The van der Waals surface area contributed by atoms with Crippen molar-refractivity contribution in [3.63, 3.8) is 0 Å². The predicted octanol–water partition coefficient (Wildman–Crippen LogP) is 0.383. The highest BCUT2D eigenvalue weighted by Crippen LogP contribution is 2.12. The molecule has 3 rings (SSSR count). The predicted molar refractivity (Wildman–Crippen MR) is 88.9 cm³/mol. The summed E-state index contributed by atoms with van der Waals surface area (Å²) >= 11 is 0. The number of H-pyrrole nitrogens is 1. The lowest BCUT2D eigenvalue weighted by atomic mass is 10.3. The lowest BCUT2D eigenvalue weighted by Gasteiger charge is -2.33. The van der Waals surface area contributed by atoms with Gasteiger partial charge in [0.05, 0.1) is 17.6 Å². The van der Waals surface area contributed by atoms with Crippen LogP contribution < -0.4 is 0 Å². The first-order chi connectivity index (χ1) is 11.9. The number of amides is 1. The van der Waals surface area contributed by atoms with Crippen molar-refractivity contribution in [2.75, 3.05) is 26.2 Å². The molecule has 1 aromatic carbocycles. The minimum Gasteiger partial charge on any atom is -0.473 e. The maximum absolute atomic E-state index is 11.3. The third-order valence-electron chi connectivity index (χ3n) is 3.81. The van der Waals surface area contributed by atoms with Crippen molar-refractivity contribution < 1.29 is 24.6 Å². The molecule has 1 aromatic heterocycles. The molecule has 1 aliphatic heterocycles. The molecule has 0 saturated carbocycles. The van der Waals surface area contributed by atoms with Crippen LogP contribution in [-0.2, 0) is 20.9 Å². The average molecular weight is 348 g/mol. The molecule has 0 spiro atoms. The van der Waals surface area contributed by atoms with Crippen molar-refractivity contribution in [2.45, 2.75) is 13.5 Å². The monoisotopic (exact) mass is 348 g/mol. The Balaban J connectivity index is 0.000000326. The van der Waals surface area contributed by atoms with Gasteiger partial charge in [0, 0.05) is 33.1 Å². The summed E-state index contributed by atoms with van der Waals surface area (Å²) in [5, 5.41) is 14.8. The Morgan fingerprint density at radius 2 is 1.68 bits per heavy atom. The third kappa shape index (κ3) is 5.28. The lowest BCUT2D eigenvalue weighted by molar-refractivity contribution is -0.159. The van der Waals surface area contributed by atoms with Gasteiger partial charge in [-0.05, 0) is 12.1 Å². The number of aliphatic carboxylic acids is 2. The number of aromatic amines is 1. The van der Waals surface area contributed by atoms with Gasteiger partial charge in [0.1, 0.15) is 5.82 Å². The van der Waals surface area contributed by atoms with E-state index in [2.05, 4.69) is 14.9 Å². The number of fused-ring (bicyclic) bond motifs is 1. The number of benzene rings is 1. The van der Waals surface area contributed by atoms with E-state index in [0.717, 1.165) is 49.6 Å². The van der Waals surface area contributed by atoms with Crippen molar-refractivity contribution in [1.29, 1.82) is 0 Å². The summed E-state index contributed by atoms with van der Waals surface area (Å²) in [4.78, 5) is 41.6. The molecule has 3 N–H and O–H groups in total. The molecule has 1 aliphatic rings. The van der Waals surface area contributed by atoms with E-state index >= 15 is 0 Å².